The number of amides is 1. The number of nitrogens with one attached hydrogen (secondary N) is 1. The number of fused-ring (bicyclic) bond motifs is 1. The molecule has 1 aliphatic rings. The molecule has 1 amide bonds. The number of halogens is 1. The molecular weight excluding hydrogens is 354 g/mol. The predicted octanol–water partition coefficient (Wildman–Crippen LogP) is 4.19. The lowest BCUT2D eigenvalue weighted by atomic mass is 9.98. The first-order chi connectivity index (χ1) is 11.6. The largest absolute Gasteiger partial charge is 0.398 e. The number of rotatable bonds is 4. The van der Waals surface area contributed by atoms with E-state index >= 15 is 0 Å². The van der Waals surface area contributed by atoms with Gasteiger partial charge in [-0.15, -0.1) is 24.2 Å². The van der Waals surface area contributed by atoms with Gasteiger partial charge in [0.2, 0.25) is 5.91 Å². The lowest BCUT2D eigenvalue weighted by molar-refractivity contribution is -0.117. The van der Waals surface area contributed by atoms with Crippen LogP contribution in [0.25, 0.3) is 0 Å². The third kappa shape index (κ3) is 4.22. The van der Waals surface area contributed by atoms with Crippen LogP contribution in [0.3, 0.4) is 0 Å². The first-order valence-corrected chi connectivity index (χ1v) is 9.41. The molecule has 0 saturated heterocycles. The van der Waals surface area contributed by atoms with E-state index in [-0.39, 0.29) is 24.4 Å². The van der Waals surface area contributed by atoms with E-state index in [9.17, 15) is 4.79 Å². The fourth-order valence-corrected chi connectivity index (χ4v) is 3.63. The second kappa shape index (κ2) is 8.50. The van der Waals surface area contributed by atoms with Gasteiger partial charge in [-0.2, -0.15) is 0 Å². The van der Waals surface area contributed by atoms with Gasteiger partial charge in [-0.3, -0.25) is 4.79 Å². The standard InChI is InChI=1S/C19H23N3OS.ClH/c1-13(19(23)21-14-6-3-7-15(12-14)24-2)22-11-5-8-16-17(20)9-4-10-18(16)22;/h3-4,6-7,9-10,12-13H,5,8,11,20H2,1-2H3,(H,21,23);1H. The summed E-state index contributed by atoms with van der Waals surface area (Å²) in [5.74, 6) is 0.00327. The highest BCUT2D eigenvalue weighted by Gasteiger charge is 2.26. The molecule has 2 aromatic carbocycles. The van der Waals surface area contributed by atoms with Crippen molar-refractivity contribution in [3.63, 3.8) is 0 Å². The number of nitrogen functional groups attached to an aromatic ring is 1. The molecule has 134 valence electrons. The lowest BCUT2D eigenvalue weighted by Crippen LogP contribution is -2.44. The molecule has 6 heteroatoms. The van der Waals surface area contributed by atoms with Crippen LogP contribution in [0.15, 0.2) is 47.4 Å². The second-order valence-corrected chi connectivity index (χ2v) is 6.92. The number of carbonyl (C=O) groups excluding carboxylic acids is 1. The van der Waals surface area contributed by atoms with Gasteiger partial charge in [-0.25, -0.2) is 0 Å². The summed E-state index contributed by atoms with van der Waals surface area (Å²) < 4.78 is 0. The van der Waals surface area contributed by atoms with E-state index in [0.717, 1.165) is 46.9 Å². The smallest absolute Gasteiger partial charge is 0.246 e. The molecule has 0 aliphatic carbocycles. The topological polar surface area (TPSA) is 58.4 Å². The van der Waals surface area contributed by atoms with Crippen molar-refractivity contribution in [2.45, 2.75) is 30.7 Å². The summed E-state index contributed by atoms with van der Waals surface area (Å²) in [6.07, 6.45) is 4.02. The molecular formula is C19H24ClN3OS. The molecule has 1 unspecified atom stereocenters. The minimum absolute atomic E-state index is 0. The van der Waals surface area contributed by atoms with Crippen LogP contribution in [0.4, 0.5) is 17.1 Å². The van der Waals surface area contributed by atoms with Crippen LogP contribution < -0.4 is 16.0 Å². The van der Waals surface area contributed by atoms with Crippen molar-refractivity contribution >= 4 is 47.1 Å². The quantitative estimate of drug-likeness (QED) is 0.619. The van der Waals surface area contributed by atoms with Gasteiger partial charge >= 0.3 is 0 Å². The summed E-state index contributed by atoms with van der Waals surface area (Å²) in [5, 5.41) is 3.03. The molecule has 1 atom stereocenters. The van der Waals surface area contributed by atoms with Crippen molar-refractivity contribution in [3.05, 3.63) is 48.0 Å². The van der Waals surface area contributed by atoms with E-state index in [2.05, 4.69) is 16.3 Å². The number of hydrogen-bond donors (Lipinski definition) is 2. The molecule has 1 aliphatic heterocycles. The molecule has 0 spiro atoms. The van der Waals surface area contributed by atoms with Crippen molar-refractivity contribution in [3.8, 4) is 0 Å². The van der Waals surface area contributed by atoms with Crippen LogP contribution in [-0.2, 0) is 11.2 Å². The minimum atomic E-state index is -0.246. The molecule has 0 fully saturated rings. The average Bonchev–Trinajstić information content (AvgIpc) is 2.61. The Bertz CT molecular complexity index is 753. The van der Waals surface area contributed by atoms with Gasteiger partial charge in [-0.05, 0) is 61.9 Å². The summed E-state index contributed by atoms with van der Waals surface area (Å²) in [5.41, 5.74) is 10.0. The van der Waals surface area contributed by atoms with Crippen molar-refractivity contribution in [1.29, 1.82) is 0 Å². The molecule has 0 radical (unpaired) electrons. The van der Waals surface area contributed by atoms with Gasteiger partial charge < -0.3 is 16.0 Å². The van der Waals surface area contributed by atoms with Crippen LogP contribution >= 0.6 is 24.2 Å². The molecule has 1 heterocycles. The maximum atomic E-state index is 12.7. The maximum Gasteiger partial charge on any atom is 0.246 e. The SMILES string of the molecule is CSc1cccc(NC(=O)C(C)N2CCCc3c(N)cccc32)c1.Cl. The van der Waals surface area contributed by atoms with E-state index in [1.54, 1.807) is 11.8 Å². The average molecular weight is 378 g/mol. The Morgan fingerprint density at radius 3 is 2.80 bits per heavy atom. The summed E-state index contributed by atoms with van der Waals surface area (Å²) >= 11 is 1.66. The van der Waals surface area contributed by atoms with Crippen molar-refractivity contribution in [1.82, 2.24) is 0 Å². The highest BCUT2D eigenvalue weighted by atomic mass is 35.5. The third-order valence-corrected chi connectivity index (χ3v) is 5.23. The number of benzene rings is 2. The van der Waals surface area contributed by atoms with Gasteiger partial charge in [0.1, 0.15) is 6.04 Å². The van der Waals surface area contributed by atoms with Gasteiger partial charge in [0.15, 0.2) is 0 Å². The molecule has 25 heavy (non-hydrogen) atoms. The van der Waals surface area contributed by atoms with E-state index in [4.69, 9.17) is 5.73 Å². The molecule has 0 saturated carbocycles. The van der Waals surface area contributed by atoms with Gasteiger partial charge in [-0.1, -0.05) is 12.1 Å². The highest BCUT2D eigenvalue weighted by Crippen LogP contribution is 2.32. The van der Waals surface area contributed by atoms with E-state index < -0.39 is 0 Å². The van der Waals surface area contributed by atoms with Crippen molar-refractivity contribution < 1.29 is 4.79 Å². The number of anilines is 3. The Labute approximate surface area is 159 Å². The summed E-state index contributed by atoms with van der Waals surface area (Å²) in [4.78, 5) is 16.0. The van der Waals surface area contributed by atoms with Crippen molar-refractivity contribution in [2.75, 3.05) is 28.8 Å². The van der Waals surface area contributed by atoms with Crippen molar-refractivity contribution in [2.24, 2.45) is 0 Å². The number of nitrogens with two attached hydrogens (primary N) is 1. The molecule has 0 bridgehead atoms. The fraction of sp³-hybridized carbons (Fsp3) is 0.316. The lowest BCUT2D eigenvalue weighted by Gasteiger charge is -2.36. The molecule has 3 rings (SSSR count). The van der Waals surface area contributed by atoms with Crippen LogP contribution in [-0.4, -0.2) is 24.7 Å². The van der Waals surface area contributed by atoms with Crippen LogP contribution in [0.1, 0.15) is 18.9 Å². The number of hydrogen-bond acceptors (Lipinski definition) is 4. The fourth-order valence-electron chi connectivity index (χ4n) is 3.17. The first-order valence-electron chi connectivity index (χ1n) is 8.19. The van der Waals surface area contributed by atoms with Crippen LogP contribution in [0, 0.1) is 0 Å². The zero-order valence-electron chi connectivity index (χ0n) is 14.5. The second-order valence-electron chi connectivity index (χ2n) is 6.04. The Morgan fingerprint density at radius 2 is 2.04 bits per heavy atom. The highest BCUT2D eigenvalue weighted by molar-refractivity contribution is 7.98. The van der Waals surface area contributed by atoms with E-state index in [0.29, 0.717) is 0 Å². The van der Waals surface area contributed by atoms with E-state index in [1.807, 2.05) is 49.6 Å². The Hall–Kier alpha value is -1.85. The summed E-state index contributed by atoms with van der Waals surface area (Å²) in [6.45, 7) is 2.82. The molecule has 4 nitrogen and oxygen atoms in total. The van der Waals surface area contributed by atoms with Crippen LogP contribution in [0.2, 0.25) is 0 Å². The van der Waals surface area contributed by atoms with Crippen LogP contribution in [0.5, 0.6) is 0 Å². The van der Waals surface area contributed by atoms with Gasteiger partial charge in [0, 0.05) is 28.5 Å². The maximum absolute atomic E-state index is 12.7. The Kier molecular flexibility index (Phi) is 6.62. The zero-order chi connectivity index (χ0) is 17.1. The number of thioether (sulfide) groups is 1. The monoisotopic (exact) mass is 377 g/mol. The summed E-state index contributed by atoms with van der Waals surface area (Å²) in [7, 11) is 0. The normalized spacial score (nSPS) is 14.2. The van der Waals surface area contributed by atoms with Gasteiger partial charge in [0.25, 0.3) is 0 Å². The third-order valence-electron chi connectivity index (χ3n) is 4.51. The Balaban J connectivity index is 0.00000225. The van der Waals surface area contributed by atoms with E-state index in [1.165, 1.54) is 0 Å². The summed E-state index contributed by atoms with van der Waals surface area (Å²) in [6, 6.07) is 13.6. The zero-order valence-corrected chi connectivity index (χ0v) is 16.1. The molecule has 0 aromatic heterocycles. The first kappa shape index (κ1) is 19.5. The minimum Gasteiger partial charge on any atom is -0.398 e. The molecule has 2 aromatic rings. The Morgan fingerprint density at radius 1 is 1.28 bits per heavy atom. The molecule has 3 N–H and O–H groups in total. The van der Waals surface area contributed by atoms with Gasteiger partial charge in [0.05, 0.1) is 0 Å². The number of carbonyl (C=O) groups is 1. The predicted molar refractivity (Wildman–Crippen MR) is 110 cm³/mol. The number of nitrogens with zero attached hydrogens (tertiary/aromatic N) is 1.